The second-order valence-electron chi connectivity index (χ2n) is 4.57. The fraction of sp³-hybridized carbons (Fsp3) is 0.643. The average molecular weight is 237 g/mol. The predicted octanol–water partition coefficient (Wildman–Crippen LogP) is 4.19. The molecule has 0 saturated heterocycles. The second kappa shape index (κ2) is 5.89. The minimum Gasteiger partial charge on any atom is -0.465 e. The molecule has 0 fully saturated rings. The van der Waals surface area contributed by atoms with Gasteiger partial charge in [-0.2, -0.15) is 0 Å². The molecule has 1 aromatic heterocycles. The number of fused-ring (bicyclic) bond motifs is 1. The molecule has 0 saturated carbocycles. The van der Waals surface area contributed by atoms with E-state index in [4.69, 9.17) is 9.62 Å². The highest BCUT2D eigenvalue weighted by molar-refractivity contribution is 6.03. The van der Waals surface area contributed by atoms with Crippen LogP contribution < -0.4 is 0 Å². The minimum atomic E-state index is 0.320. The molecular weight excluding hydrogens is 214 g/mol. The highest BCUT2D eigenvalue weighted by Crippen LogP contribution is 2.31. The molecule has 0 aromatic carbocycles. The van der Waals surface area contributed by atoms with Crippen molar-refractivity contribution in [2.45, 2.75) is 53.4 Å². The van der Waals surface area contributed by atoms with Crippen LogP contribution in [-0.2, 0) is 6.42 Å². The Labute approximate surface area is 104 Å². The monoisotopic (exact) mass is 237 g/mol. The Bertz CT molecular complexity index is 391. The van der Waals surface area contributed by atoms with Crippen LogP contribution in [0, 0.1) is 5.92 Å². The molecule has 1 unspecified atom stereocenters. The Hall–Kier alpha value is -1.25. The zero-order valence-corrected chi connectivity index (χ0v) is 11.4. The van der Waals surface area contributed by atoms with Crippen LogP contribution in [-0.4, -0.2) is 10.9 Å². The van der Waals surface area contributed by atoms with E-state index in [0.717, 1.165) is 35.6 Å². The standard InChI is InChI=1S/C12H17NO2.C2H6/c1-7(2)11-6-9-10(15-11)5-4-8(3)12(9)13-14;1-2/h6-8,14H,4-5H2,1-3H3;1-2H3/b13-12-;. The maximum Gasteiger partial charge on any atom is 0.113 e. The highest BCUT2D eigenvalue weighted by Gasteiger charge is 2.27. The van der Waals surface area contributed by atoms with Gasteiger partial charge in [0.2, 0.25) is 0 Å². The lowest BCUT2D eigenvalue weighted by Crippen LogP contribution is -2.19. The van der Waals surface area contributed by atoms with Gasteiger partial charge in [-0.1, -0.05) is 39.8 Å². The van der Waals surface area contributed by atoms with Crippen LogP contribution in [0.1, 0.15) is 64.0 Å². The van der Waals surface area contributed by atoms with Crippen molar-refractivity contribution in [1.82, 2.24) is 0 Å². The molecule has 1 aliphatic carbocycles. The number of oxime groups is 1. The number of nitrogens with zero attached hydrogens (tertiary/aromatic N) is 1. The number of hydrogen-bond acceptors (Lipinski definition) is 3. The zero-order valence-electron chi connectivity index (χ0n) is 11.4. The van der Waals surface area contributed by atoms with Gasteiger partial charge in [0.15, 0.2) is 0 Å². The fourth-order valence-corrected chi connectivity index (χ4v) is 2.04. The Morgan fingerprint density at radius 3 is 2.59 bits per heavy atom. The minimum absolute atomic E-state index is 0.320. The maximum absolute atomic E-state index is 9.00. The van der Waals surface area contributed by atoms with E-state index >= 15 is 0 Å². The molecular formula is C14H23NO2. The topological polar surface area (TPSA) is 45.7 Å². The van der Waals surface area contributed by atoms with E-state index < -0.39 is 0 Å². The molecule has 0 spiro atoms. The van der Waals surface area contributed by atoms with E-state index in [2.05, 4.69) is 25.9 Å². The molecule has 3 heteroatoms. The third kappa shape index (κ3) is 2.71. The van der Waals surface area contributed by atoms with Crippen LogP contribution in [0.2, 0.25) is 0 Å². The molecule has 0 amide bonds. The third-order valence-corrected chi connectivity index (χ3v) is 3.05. The van der Waals surface area contributed by atoms with E-state index in [-0.39, 0.29) is 0 Å². The lowest BCUT2D eigenvalue weighted by Gasteiger charge is -2.17. The van der Waals surface area contributed by atoms with Crippen molar-refractivity contribution in [1.29, 1.82) is 0 Å². The molecule has 17 heavy (non-hydrogen) atoms. The number of rotatable bonds is 1. The first-order valence-corrected chi connectivity index (χ1v) is 6.48. The molecule has 1 heterocycles. The maximum atomic E-state index is 9.00. The summed E-state index contributed by atoms with van der Waals surface area (Å²) in [5.41, 5.74) is 1.77. The summed E-state index contributed by atoms with van der Waals surface area (Å²) in [6.45, 7) is 10.3. The van der Waals surface area contributed by atoms with Crippen molar-refractivity contribution in [3.8, 4) is 0 Å². The molecule has 2 rings (SSSR count). The first-order valence-electron chi connectivity index (χ1n) is 6.48. The van der Waals surface area contributed by atoms with Gasteiger partial charge in [0.25, 0.3) is 0 Å². The molecule has 1 aliphatic rings. The van der Waals surface area contributed by atoms with E-state index in [9.17, 15) is 0 Å². The van der Waals surface area contributed by atoms with E-state index in [1.807, 2.05) is 19.9 Å². The molecule has 1 aromatic rings. The van der Waals surface area contributed by atoms with Gasteiger partial charge in [-0.3, -0.25) is 0 Å². The number of hydrogen-bond donors (Lipinski definition) is 1. The molecule has 0 aliphatic heterocycles. The van der Waals surface area contributed by atoms with Gasteiger partial charge in [0.05, 0.1) is 5.71 Å². The number of furan rings is 1. The van der Waals surface area contributed by atoms with Crippen LogP contribution in [0.5, 0.6) is 0 Å². The first-order chi connectivity index (χ1) is 8.13. The molecule has 0 radical (unpaired) electrons. The third-order valence-electron chi connectivity index (χ3n) is 3.05. The molecule has 0 bridgehead atoms. The van der Waals surface area contributed by atoms with Crippen molar-refractivity contribution in [2.75, 3.05) is 0 Å². The van der Waals surface area contributed by atoms with E-state index in [0.29, 0.717) is 11.8 Å². The van der Waals surface area contributed by atoms with Gasteiger partial charge in [-0.05, 0) is 12.5 Å². The van der Waals surface area contributed by atoms with Gasteiger partial charge < -0.3 is 9.62 Å². The van der Waals surface area contributed by atoms with Crippen LogP contribution in [0.15, 0.2) is 15.6 Å². The van der Waals surface area contributed by atoms with E-state index in [1.165, 1.54) is 0 Å². The van der Waals surface area contributed by atoms with E-state index in [1.54, 1.807) is 0 Å². The van der Waals surface area contributed by atoms with Crippen molar-refractivity contribution in [3.05, 3.63) is 23.2 Å². The molecule has 3 nitrogen and oxygen atoms in total. The molecule has 1 N–H and O–H groups in total. The summed E-state index contributed by atoms with van der Waals surface area (Å²) in [7, 11) is 0. The molecule has 1 atom stereocenters. The normalized spacial score (nSPS) is 21.1. The SMILES string of the molecule is CC.CC1CCc2oc(C(C)C)cc2/C1=N\O. The summed E-state index contributed by atoms with van der Waals surface area (Å²) in [4.78, 5) is 0. The van der Waals surface area contributed by atoms with Crippen molar-refractivity contribution in [3.63, 3.8) is 0 Å². The summed E-state index contributed by atoms with van der Waals surface area (Å²) in [6.07, 6.45) is 1.94. The summed E-state index contributed by atoms with van der Waals surface area (Å²) >= 11 is 0. The second-order valence-corrected chi connectivity index (χ2v) is 4.57. The summed E-state index contributed by atoms with van der Waals surface area (Å²) in [5.74, 6) is 2.66. The van der Waals surface area contributed by atoms with Crippen molar-refractivity contribution < 1.29 is 9.62 Å². The Kier molecular flexibility index (Phi) is 4.79. The van der Waals surface area contributed by atoms with Gasteiger partial charge in [0.1, 0.15) is 11.5 Å². The van der Waals surface area contributed by atoms with Crippen LogP contribution in [0.4, 0.5) is 0 Å². The Morgan fingerprint density at radius 2 is 2.06 bits per heavy atom. The summed E-state index contributed by atoms with van der Waals surface area (Å²) < 4.78 is 5.76. The molecule has 96 valence electrons. The lowest BCUT2D eigenvalue weighted by atomic mass is 9.87. The summed E-state index contributed by atoms with van der Waals surface area (Å²) in [6, 6.07) is 2.02. The largest absolute Gasteiger partial charge is 0.465 e. The first kappa shape index (κ1) is 13.8. The van der Waals surface area contributed by atoms with Gasteiger partial charge >= 0.3 is 0 Å². The predicted molar refractivity (Wildman–Crippen MR) is 70.0 cm³/mol. The van der Waals surface area contributed by atoms with Crippen LogP contribution >= 0.6 is 0 Å². The fourth-order valence-electron chi connectivity index (χ4n) is 2.04. The van der Waals surface area contributed by atoms with Gasteiger partial charge in [-0.25, -0.2) is 0 Å². The summed E-state index contributed by atoms with van der Waals surface area (Å²) in [5, 5.41) is 12.4. The lowest BCUT2D eigenvalue weighted by molar-refractivity contribution is 0.313. The highest BCUT2D eigenvalue weighted by atomic mass is 16.4. The van der Waals surface area contributed by atoms with Gasteiger partial charge in [0, 0.05) is 23.8 Å². The smallest absolute Gasteiger partial charge is 0.113 e. The number of aryl methyl sites for hydroxylation is 1. The Morgan fingerprint density at radius 1 is 1.41 bits per heavy atom. The van der Waals surface area contributed by atoms with Crippen LogP contribution in [0.25, 0.3) is 0 Å². The zero-order chi connectivity index (χ0) is 13.0. The quantitative estimate of drug-likeness (QED) is 0.588. The van der Waals surface area contributed by atoms with Crippen molar-refractivity contribution in [2.24, 2.45) is 11.1 Å². The van der Waals surface area contributed by atoms with Gasteiger partial charge in [-0.15, -0.1) is 0 Å². The van der Waals surface area contributed by atoms with Crippen molar-refractivity contribution >= 4 is 5.71 Å². The Balaban J connectivity index is 0.000000686. The average Bonchev–Trinajstić information content (AvgIpc) is 2.75. The van der Waals surface area contributed by atoms with Crippen LogP contribution in [0.3, 0.4) is 0 Å².